The lowest BCUT2D eigenvalue weighted by Crippen LogP contribution is -2.50. The number of benzene rings is 3. The van der Waals surface area contributed by atoms with E-state index in [0.717, 1.165) is 54.9 Å². The number of piperidine rings is 1. The van der Waals surface area contributed by atoms with Crippen molar-refractivity contribution in [3.8, 4) is 0 Å². The van der Waals surface area contributed by atoms with Crippen LogP contribution in [0.2, 0.25) is 0 Å². The van der Waals surface area contributed by atoms with Crippen LogP contribution in [-0.4, -0.2) is 42.0 Å². The Kier molecular flexibility index (Phi) is 7.93. The molecule has 0 unspecified atom stereocenters. The molecule has 1 saturated heterocycles. The number of amides is 2. The largest absolute Gasteiger partial charge is 0.326 e. The molecule has 0 saturated carbocycles. The monoisotopic (exact) mass is 460 g/mol. The third-order valence-corrected chi connectivity index (χ3v) is 6.61. The van der Waals surface area contributed by atoms with Gasteiger partial charge in [-0.2, -0.15) is 0 Å². The highest BCUT2D eigenvalue weighted by Gasteiger charge is 2.30. The number of likely N-dealkylation sites (tertiary alicyclic amines) is 1. The number of hydrogen-bond acceptors (Lipinski definition) is 3. The Balaban J connectivity index is 1.47. The molecule has 5 nitrogen and oxygen atoms in total. The maximum absolute atomic E-state index is 13.7. The quantitative estimate of drug-likeness (QED) is 0.539. The van der Waals surface area contributed by atoms with Gasteiger partial charge >= 0.3 is 6.03 Å². The van der Waals surface area contributed by atoms with Gasteiger partial charge in [0.1, 0.15) is 5.82 Å². The van der Waals surface area contributed by atoms with Crippen molar-refractivity contribution in [1.29, 1.82) is 0 Å². The predicted molar refractivity (Wildman–Crippen MR) is 135 cm³/mol. The van der Waals surface area contributed by atoms with E-state index in [4.69, 9.17) is 5.73 Å². The summed E-state index contributed by atoms with van der Waals surface area (Å²) in [5.74, 6) is -0.210. The number of anilines is 1. The summed E-state index contributed by atoms with van der Waals surface area (Å²) in [7, 11) is 1.84. The Bertz CT molecular complexity index is 1050. The van der Waals surface area contributed by atoms with E-state index in [1.54, 1.807) is 4.90 Å². The van der Waals surface area contributed by atoms with E-state index in [9.17, 15) is 9.18 Å². The highest BCUT2D eigenvalue weighted by Crippen LogP contribution is 2.24. The molecule has 1 aliphatic rings. The lowest BCUT2D eigenvalue weighted by Gasteiger charge is -2.40. The Morgan fingerprint density at radius 1 is 0.912 bits per heavy atom. The molecule has 0 radical (unpaired) electrons. The van der Waals surface area contributed by atoms with Gasteiger partial charge in [0, 0.05) is 51.5 Å². The van der Waals surface area contributed by atoms with Crippen LogP contribution in [0.15, 0.2) is 78.9 Å². The van der Waals surface area contributed by atoms with E-state index >= 15 is 0 Å². The van der Waals surface area contributed by atoms with Crippen molar-refractivity contribution >= 4 is 11.7 Å². The van der Waals surface area contributed by atoms with Crippen molar-refractivity contribution in [2.75, 3.05) is 25.0 Å². The SMILES string of the molecule is CN(C(=O)N(Cc1ccc(CN)cc1)C1CCN(Cc2ccc(F)cc2)CC1)c1ccccc1. The Labute approximate surface area is 201 Å². The fraction of sp³-hybridized carbons (Fsp3) is 0.321. The van der Waals surface area contributed by atoms with E-state index in [1.165, 1.54) is 12.1 Å². The first kappa shape index (κ1) is 23.9. The summed E-state index contributed by atoms with van der Waals surface area (Å²) in [5.41, 5.74) is 9.92. The van der Waals surface area contributed by atoms with E-state index in [2.05, 4.69) is 17.0 Å². The molecular formula is C28H33FN4O. The second-order valence-electron chi connectivity index (χ2n) is 8.96. The van der Waals surface area contributed by atoms with Gasteiger partial charge < -0.3 is 10.6 Å². The van der Waals surface area contributed by atoms with Crippen molar-refractivity contribution in [2.24, 2.45) is 5.73 Å². The standard InChI is InChI=1S/C28H33FN4O/c1-31(26-5-3-2-4-6-26)28(34)33(21-24-9-7-22(19-30)8-10-24)27-15-17-32(18-16-27)20-23-11-13-25(29)14-12-23/h2-14,27H,15-21,30H2,1H3. The second kappa shape index (κ2) is 11.3. The smallest absolute Gasteiger partial charge is 0.324 e. The van der Waals surface area contributed by atoms with Crippen LogP contribution in [0.25, 0.3) is 0 Å². The van der Waals surface area contributed by atoms with Crippen molar-refractivity contribution in [3.05, 3.63) is 101 Å². The maximum atomic E-state index is 13.7. The number of nitrogens with two attached hydrogens (primary N) is 1. The number of carbonyl (C=O) groups is 1. The van der Waals surface area contributed by atoms with Gasteiger partial charge in [0.25, 0.3) is 0 Å². The average molecular weight is 461 g/mol. The highest BCUT2D eigenvalue weighted by atomic mass is 19.1. The van der Waals surface area contributed by atoms with Crippen LogP contribution in [0.5, 0.6) is 0 Å². The summed E-state index contributed by atoms with van der Waals surface area (Å²) in [5, 5.41) is 0. The number of para-hydroxylation sites is 1. The number of urea groups is 1. The minimum absolute atomic E-state index is 0.00564. The van der Waals surface area contributed by atoms with Gasteiger partial charge in [-0.05, 0) is 53.8 Å². The van der Waals surface area contributed by atoms with Crippen molar-refractivity contribution in [3.63, 3.8) is 0 Å². The van der Waals surface area contributed by atoms with Gasteiger partial charge in [-0.1, -0.05) is 54.6 Å². The van der Waals surface area contributed by atoms with Crippen LogP contribution < -0.4 is 10.6 Å². The molecule has 0 aromatic heterocycles. The molecule has 2 N–H and O–H groups in total. The Hall–Kier alpha value is -3.22. The Morgan fingerprint density at radius 2 is 1.50 bits per heavy atom. The summed E-state index contributed by atoms with van der Waals surface area (Å²) in [6, 6.07) is 24.8. The van der Waals surface area contributed by atoms with E-state index in [0.29, 0.717) is 13.1 Å². The summed E-state index contributed by atoms with van der Waals surface area (Å²) in [6.45, 7) is 3.65. The van der Waals surface area contributed by atoms with Crippen LogP contribution in [0.1, 0.15) is 29.5 Å². The molecule has 2 amide bonds. The predicted octanol–water partition coefficient (Wildman–Crippen LogP) is 5.01. The molecule has 1 heterocycles. The van der Waals surface area contributed by atoms with E-state index in [1.807, 2.05) is 66.5 Å². The highest BCUT2D eigenvalue weighted by molar-refractivity contribution is 5.91. The Morgan fingerprint density at radius 3 is 2.12 bits per heavy atom. The molecule has 3 aromatic carbocycles. The van der Waals surface area contributed by atoms with E-state index in [-0.39, 0.29) is 17.9 Å². The van der Waals surface area contributed by atoms with Crippen LogP contribution >= 0.6 is 0 Å². The minimum atomic E-state index is -0.210. The molecule has 1 fully saturated rings. The van der Waals surface area contributed by atoms with Crippen LogP contribution in [0, 0.1) is 5.82 Å². The summed E-state index contributed by atoms with van der Waals surface area (Å²) in [4.78, 5) is 19.8. The molecule has 34 heavy (non-hydrogen) atoms. The van der Waals surface area contributed by atoms with Gasteiger partial charge in [0.15, 0.2) is 0 Å². The van der Waals surface area contributed by atoms with Crippen LogP contribution in [-0.2, 0) is 19.6 Å². The molecular weight excluding hydrogens is 427 g/mol. The molecule has 0 aliphatic carbocycles. The zero-order valence-corrected chi connectivity index (χ0v) is 19.7. The number of halogens is 1. The minimum Gasteiger partial charge on any atom is -0.326 e. The zero-order chi connectivity index (χ0) is 23.9. The summed E-state index contributed by atoms with van der Waals surface area (Å²) in [6.07, 6.45) is 1.80. The third kappa shape index (κ3) is 6.01. The maximum Gasteiger partial charge on any atom is 0.324 e. The molecule has 0 atom stereocenters. The first-order valence-corrected chi connectivity index (χ1v) is 11.9. The third-order valence-electron chi connectivity index (χ3n) is 6.61. The lowest BCUT2D eigenvalue weighted by atomic mass is 10.0. The van der Waals surface area contributed by atoms with E-state index < -0.39 is 0 Å². The fourth-order valence-corrected chi connectivity index (χ4v) is 4.52. The van der Waals surface area contributed by atoms with Crippen molar-refractivity contribution in [1.82, 2.24) is 9.80 Å². The molecule has 0 bridgehead atoms. The number of carbonyl (C=O) groups excluding carboxylic acids is 1. The van der Waals surface area contributed by atoms with Gasteiger partial charge in [-0.15, -0.1) is 0 Å². The number of nitrogens with zero attached hydrogens (tertiary/aromatic N) is 3. The number of rotatable bonds is 7. The van der Waals surface area contributed by atoms with Crippen LogP contribution in [0.4, 0.5) is 14.9 Å². The van der Waals surface area contributed by atoms with Crippen molar-refractivity contribution in [2.45, 2.75) is 38.5 Å². The van der Waals surface area contributed by atoms with Gasteiger partial charge in [-0.25, -0.2) is 9.18 Å². The first-order chi connectivity index (χ1) is 16.5. The van der Waals surface area contributed by atoms with Crippen molar-refractivity contribution < 1.29 is 9.18 Å². The molecule has 178 valence electrons. The summed E-state index contributed by atoms with van der Waals surface area (Å²) >= 11 is 0. The van der Waals surface area contributed by atoms with Crippen LogP contribution in [0.3, 0.4) is 0 Å². The molecule has 1 aliphatic heterocycles. The topological polar surface area (TPSA) is 52.8 Å². The summed E-state index contributed by atoms with van der Waals surface area (Å²) < 4.78 is 13.2. The second-order valence-corrected chi connectivity index (χ2v) is 8.96. The molecule has 6 heteroatoms. The molecule has 0 spiro atoms. The fourth-order valence-electron chi connectivity index (χ4n) is 4.52. The van der Waals surface area contributed by atoms with Gasteiger partial charge in [0.2, 0.25) is 0 Å². The van der Waals surface area contributed by atoms with Gasteiger partial charge in [-0.3, -0.25) is 9.80 Å². The molecule has 4 rings (SSSR count). The normalized spacial score (nSPS) is 14.7. The lowest BCUT2D eigenvalue weighted by molar-refractivity contribution is 0.117. The van der Waals surface area contributed by atoms with Gasteiger partial charge in [0.05, 0.1) is 0 Å². The first-order valence-electron chi connectivity index (χ1n) is 11.9. The molecule has 3 aromatic rings. The zero-order valence-electron chi connectivity index (χ0n) is 19.7. The average Bonchev–Trinajstić information content (AvgIpc) is 2.89. The number of hydrogen-bond donors (Lipinski definition) is 1.